The summed E-state index contributed by atoms with van der Waals surface area (Å²) in [5, 5.41) is 13.7. The van der Waals surface area contributed by atoms with Crippen LogP contribution < -0.4 is 5.32 Å². The Morgan fingerprint density at radius 2 is 2.19 bits per heavy atom. The van der Waals surface area contributed by atoms with E-state index in [0.29, 0.717) is 11.3 Å². The third kappa shape index (κ3) is 2.78. The predicted molar refractivity (Wildman–Crippen MR) is 69.7 cm³/mol. The molecule has 1 aromatic carbocycles. The third-order valence-corrected chi connectivity index (χ3v) is 4.50. The molecule has 1 fully saturated rings. The van der Waals surface area contributed by atoms with E-state index in [1.54, 1.807) is 0 Å². The number of rotatable bonds is 4. The zero-order valence-electron chi connectivity index (χ0n) is 9.60. The maximum absolute atomic E-state index is 9.46. The minimum absolute atomic E-state index is 0.0762. The fourth-order valence-corrected chi connectivity index (χ4v) is 3.36. The third-order valence-electron chi connectivity index (χ3n) is 3.18. The van der Waals surface area contributed by atoms with Crippen LogP contribution >= 0.6 is 11.8 Å². The lowest BCUT2D eigenvalue weighted by Gasteiger charge is -2.24. The number of hydrogen-bond donors (Lipinski definition) is 2. The van der Waals surface area contributed by atoms with Crippen molar-refractivity contribution in [1.29, 1.82) is 0 Å². The minimum Gasteiger partial charge on any atom is -0.394 e. The average Bonchev–Trinajstić information content (AvgIpc) is 2.73. The van der Waals surface area contributed by atoms with Gasteiger partial charge in [0, 0.05) is 11.3 Å². The molecule has 1 aliphatic heterocycles. The fraction of sp³-hybridized carbons (Fsp3) is 0.538. The van der Waals surface area contributed by atoms with Gasteiger partial charge in [-0.3, -0.25) is 0 Å². The lowest BCUT2D eigenvalue weighted by atomic mass is 10.0. The molecule has 0 spiro atoms. The normalized spacial score (nSPS) is 26.9. The molecule has 0 aliphatic carbocycles. The van der Waals surface area contributed by atoms with E-state index in [-0.39, 0.29) is 12.6 Å². The molecule has 16 heavy (non-hydrogen) atoms. The zero-order chi connectivity index (χ0) is 11.4. The maximum Gasteiger partial charge on any atom is 0.0626 e. The largest absolute Gasteiger partial charge is 0.394 e. The van der Waals surface area contributed by atoms with Crippen LogP contribution in [0.15, 0.2) is 30.3 Å². The zero-order valence-corrected chi connectivity index (χ0v) is 10.4. The van der Waals surface area contributed by atoms with E-state index in [1.807, 2.05) is 30.0 Å². The fourth-order valence-electron chi connectivity index (χ4n) is 2.15. The molecule has 2 nitrogen and oxygen atoms in total. The van der Waals surface area contributed by atoms with Gasteiger partial charge in [-0.2, -0.15) is 11.8 Å². The molecule has 2 rings (SSSR count). The van der Waals surface area contributed by atoms with Gasteiger partial charge in [0.15, 0.2) is 0 Å². The smallest absolute Gasteiger partial charge is 0.0626 e. The van der Waals surface area contributed by atoms with Crippen LogP contribution in [0.4, 0.5) is 0 Å². The van der Waals surface area contributed by atoms with Gasteiger partial charge in [-0.25, -0.2) is 0 Å². The van der Waals surface area contributed by atoms with Gasteiger partial charge >= 0.3 is 0 Å². The van der Waals surface area contributed by atoms with Crippen molar-refractivity contribution in [1.82, 2.24) is 5.32 Å². The molecule has 1 saturated heterocycles. The molecule has 3 heteroatoms. The molecule has 0 amide bonds. The summed E-state index contributed by atoms with van der Waals surface area (Å²) in [6, 6.07) is 10.8. The Labute approximate surface area is 101 Å². The Hall–Kier alpha value is -0.510. The van der Waals surface area contributed by atoms with Crippen molar-refractivity contribution in [3.05, 3.63) is 35.9 Å². The summed E-state index contributed by atoms with van der Waals surface area (Å²) in [7, 11) is 0. The highest BCUT2D eigenvalue weighted by Crippen LogP contribution is 2.28. The van der Waals surface area contributed by atoms with Crippen LogP contribution in [0, 0.1) is 0 Å². The van der Waals surface area contributed by atoms with Crippen molar-refractivity contribution in [3.8, 4) is 0 Å². The standard InChI is InChI=1S/C13H19NOS/c1-10-12(7-8-16-10)14-13(9-15)11-5-3-2-4-6-11/h2-6,10,12-15H,7-9H2,1H3/t10?,12?,13-/m1/s1. The van der Waals surface area contributed by atoms with Crippen LogP contribution in [-0.4, -0.2) is 28.8 Å². The van der Waals surface area contributed by atoms with E-state index >= 15 is 0 Å². The van der Waals surface area contributed by atoms with E-state index in [2.05, 4.69) is 24.4 Å². The molecule has 1 aliphatic rings. The highest BCUT2D eigenvalue weighted by atomic mass is 32.2. The molecule has 2 unspecified atom stereocenters. The molecule has 3 atom stereocenters. The lowest BCUT2D eigenvalue weighted by molar-refractivity contribution is 0.232. The molecule has 0 bridgehead atoms. The summed E-state index contributed by atoms with van der Waals surface area (Å²) < 4.78 is 0. The number of thioether (sulfide) groups is 1. The summed E-state index contributed by atoms with van der Waals surface area (Å²) in [6.07, 6.45) is 1.20. The second-order valence-corrected chi connectivity index (χ2v) is 5.77. The van der Waals surface area contributed by atoms with Gasteiger partial charge in [-0.1, -0.05) is 37.3 Å². The number of benzene rings is 1. The molecular formula is C13H19NOS. The molecule has 1 heterocycles. The van der Waals surface area contributed by atoms with E-state index in [0.717, 1.165) is 0 Å². The lowest BCUT2D eigenvalue weighted by Crippen LogP contribution is -2.38. The molecule has 0 radical (unpaired) electrons. The monoisotopic (exact) mass is 237 g/mol. The molecule has 2 N–H and O–H groups in total. The van der Waals surface area contributed by atoms with Crippen LogP contribution in [0.2, 0.25) is 0 Å². The van der Waals surface area contributed by atoms with Crippen LogP contribution in [0.3, 0.4) is 0 Å². The number of nitrogens with one attached hydrogen (secondary N) is 1. The molecule has 0 aromatic heterocycles. The van der Waals surface area contributed by atoms with Gasteiger partial charge in [0.25, 0.3) is 0 Å². The Morgan fingerprint density at radius 1 is 1.44 bits per heavy atom. The van der Waals surface area contributed by atoms with Crippen LogP contribution in [0.25, 0.3) is 0 Å². The van der Waals surface area contributed by atoms with E-state index in [4.69, 9.17) is 0 Å². The second kappa shape index (κ2) is 5.71. The van der Waals surface area contributed by atoms with Crippen LogP contribution in [0.5, 0.6) is 0 Å². The number of aliphatic hydroxyl groups excluding tert-OH is 1. The first-order chi connectivity index (χ1) is 7.81. The molecule has 1 aromatic rings. The van der Waals surface area contributed by atoms with Gasteiger partial charge in [-0.05, 0) is 17.7 Å². The molecule has 88 valence electrons. The average molecular weight is 237 g/mol. The second-order valence-electron chi connectivity index (χ2n) is 4.28. The topological polar surface area (TPSA) is 32.3 Å². The van der Waals surface area contributed by atoms with Crippen molar-refractivity contribution in [3.63, 3.8) is 0 Å². The van der Waals surface area contributed by atoms with Crippen molar-refractivity contribution in [2.24, 2.45) is 0 Å². The minimum atomic E-state index is 0.0762. The summed E-state index contributed by atoms with van der Waals surface area (Å²) in [6.45, 7) is 2.42. The van der Waals surface area contributed by atoms with E-state index < -0.39 is 0 Å². The maximum atomic E-state index is 9.46. The van der Waals surface area contributed by atoms with Crippen molar-refractivity contribution < 1.29 is 5.11 Å². The van der Waals surface area contributed by atoms with Gasteiger partial charge in [0.1, 0.15) is 0 Å². The Balaban J connectivity index is 2.00. The highest BCUT2D eigenvalue weighted by Gasteiger charge is 2.26. The van der Waals surface area contributed by atoms with E-state index in [9.17, 15) is 5.11 Å². The van der Waals surface area contributed by atoms with Gasteiger partial charge < -0.3 is 10.4 Å². The van der Waals surface area contributed by atoms with Crippen molar-refractivity contribution >= 4 is 11.8 Å². The molecule has 0 saturated carbocycles. The summed E-state index contributed by atoms with van der Waals surface area (Å²) >= 11 is 2.01. The Kier molecular flexibility index (Phi) is 4.27. The van der Waals surface area contributed by atoms with Crippen LogP contribution in [0.1, 0.15) is 24.9 Å². The summed E-state index contributed by atoms with van der Waals surface area (Å²) in [5.41, 5.74) is 1.18. The van der Waals surface area contributed by atoms with Gasteiger partial charge in [-0.15, -0.1) is 0 Å². The molecular weight excluding hydrogens is 218 g/mol. The highest BCUT2D eigenvalue weighted by molar-refractivity contribution is 8.00. The SMILES string of the molecule is CC1SCCC1N[C@H](CO)c1ccccc1. The first kappa shape index (κ1) is 12.0. The Bertz CT molecular complexity index is 317. The van der Waals surface area contributed by atoms with Gasteiger partial charge in [0.2, 0.25) is 0 Å². The Morgan fingerprint density at radius 3 is 2.75 bits per heavy atom. The van der Waals surface area contributed by atoms with Crippen molar-refractivity contribution in [2.45, 2.75) is 30.7 Å². The van der Waals surface area contributed by atoms with Gasteiger partial charge in [0.05, 0.1) is 12.6 Å². The predicted octanol–water partition coefficient (Wildman–Crippen LogP) is 2.20. The van der Waals surface area contributed by atoms with Crippen LogP contribution in [-0.2, 0) is 0 Å². The van der Waals surface area contributed by atoms with Crippen molar-refractivity contribution in [2.75, 3.05) is 12.4 Å². The summed E-state index contributed by atoms with van der Waals surface area (Å²) in [4.78, 5) is 0. The van der Waals surface area contributed by atoms with E-state index in [1.165, 1.54) is 17.7 Å². The number of hydrogen-bond acceptors (Lipinski definition) is 3. The number of aliphatic hydroxyl groups is 1. The first-order valence-electron chi connectivity index (χ1n) is 5.84. The quantitative estimate of drug-likeness (QED) is 0.842. The summed E-state index contributed by atoms with van der Waals surface area (Å²) in [5.74, 6) is 1.23. The first-order valence-corrected chi connectivity index (χ1v) is 6.89.